The summed E-state index contributed by atoms with van der Waals surface area (Å²) in [5.74, 6) is -3.48. The predicted molar refractivity (Wildman–Crippen MR) is 173 cm³/mol. The summed E-state index contributed by atoms with van der Waals surface area (Å²) in [6.07, 6.45) is -25.1. The lowest BCUT2D eigenvalue weighted by Gasteiger charge is -2.45. The fourth-order valence-electron chi connectivity index (χ4n) is 6.33. The maximum absolute atomic E-state index is 13.9. The highest BCUT2D eigenvalue weighted by Crippen LogP contribution is 2.40. The van der Waals surface area contributed by atoms with Gasteiger partial charge in [-0.3, -0.25) is 4.79 Å². The Morgan fingerprint density at radius 2 is 1.20 bits per heavy atom. The molecule has 3 saturated heterocycles. The third-order valence-electron chi connectivity index (χ3n) is 9.40. The van der Waals surface area contributed by atoms with Gasteiger partial charge in [-0.25, -0.2) is 0 Å². The third-order valence-corrected chi connectivity index (χ3v) is 9.40. The lowest BCUT2D eigenvalue weighted by molar-refractivity contribution is -0.348. The van der Waals surface area contributed by atoms with Crippen LogP contribution in [0.25, 0.3) is 22.3 Å². The lowest BCUT2D eigenvalue weighted by atomic mass is 9.97. The monoisotopic (exact) mass is 772 g/mol. The van der Waals surface area contributed by atoms with E-state index in [-0.39, 0.29) is 16.9 Å². The predicted octanol–water partition coefficient (Wildman–Crippen LogP) is -4.21. The molecule has 13 N–H and O–H groups in total. The van der Waals surface area contributed by atoms with Crippen LogP contribution in [-0.4, -0.2) is 172 Å². The lowest BCUT2D eigenvalue weighted by Crippen LogP contribution is -2.64. The second-order valence-electron chi connectivity index (χ2n) is 13.0. The highest BCUT2D eigenvalue weighted by atomic mass is 16.7. The molecule has 0 bridgehead atoms. The number of phenols is 3. The summed E-state index contributed by atoms with van der Waals surface area (Å²) in [5.41, 5.74) is -1.57. The van der Waals surface area contributed by atoms with E-state index >= 15 is 0 Å². The van der Waals surface area contributed by atoms with Gasteiger partial charge in [0, 0.05) is 17.7 Å². The minimum Gasteiger partial charge on any atom is -0.507 e. The molecule has 21 nitrogen and oxygen atoms in total. The molecule has 6 rings (SSSR count). The second kappa shape index (κ2) is 15.7. The molecule has 54 heavy (non-hydrogen) atoms. The van der Waals surface area contributed by atoms with Gasteiger partial charge in [-0.2, -0.15) is 0 Å². The number of aliphatic hydroxyl groups is 10. The molecule has 0 aliphatic carbocycles. The van der Waals surface area contributed by atoms with Gasteiger partial charge >= 0.3 is 0 Å². The highest BCUT2D eigenvalue weighted by Gasteiger charge is 2.50. The molecule has 3 aliphatic rings. The van der Waals surface area contributed by atoms with E-state index in [2.05, 4.69) is 0 Å². The number of ether oxygens (including phenoxy) is 6. The molecule has 1 aromatic heterocycles. The van der Waals surface area contributed by atoms with Crippen LogP contribution in [-0.2, 0) is 18.9 Å². The Morgan fingerprint density at radius 3 is 1.81 bits per heavy atom. The molecule has 3 aromatic rings. The smallest absolute Gasteiger partial charge is 0.239 e. The van der Waals surface area contributed by atoms with Crippen molar-refractivity contribution in [1.29, 1.82) is 0 Å². The number of fused-ring (bicyclic) bond motifs is 1. The SMILES string of the molecule is CC1O[C@@H](Oc2cc(O)c3c(=O)c(O[C@@H]4OC(CO)[C@H](O)C(O)C4O)c(-c4ccc(O)c(O)c4)oc3c2)C(O)[C@@H](O)[C@H]1O[C@@H]1OC(CO)[C@@H](O)[C@H](O)C1O. The van der Waals surface area contributed by atoms with Crippen molar-refractivity contribution in [1.82, 2.24) is 0 Å². The van der Waals surface area contributed by atoms with Crippen molar-refractivity contribution < 1.29 is 99.2 Å². The van der Waals surface area contributed by atoms with E-state index in [0.29, 0.717) is 0 Å². The van der Waals surface area contributed by atoms with Crippen LogP contribution in [0.1, 0.15) is 6.92 Å². The van der Waals surface area contributed by atoms with E-state index in [4.69, 9.17) is 32.8 Å². The second-order valence-corrected chi connectivity index (χ2v) is 13.0. The van der Waals surface area contributed by atoms with Crippen LogP contribution < -0.4 is 14.9 Å². The number of aromatic hydroxyl groups is 3. The van der Waals surface area contributed by atoms with E-state index in [1.807, 2.05) is 0 Å². The first-order valence-electron chi connectivity index (χ1n) is 16.5. The van der Waals surface area contributed by atoms with Gasteiger partial charge in [-0.15, -0.1) is 0 Å². The fourth-order valence-corrected chi connectivity index (χ4v) is 6.33. The molecule has 2 aromatic carbocycles. The van der Waals surface area contributed by atoms with Crippen LogP contribution >= 0.6 is 0 Å². The van der Waals surface area contributed by atoms with Gasteiger partial charge in [0.1, 0.15) is 89.6 Å². The minimum atomic E-state index is -1.97. The number of aliphatic hydroxyl groups excluding tert-OH is 10. The molecule has 0 amide bonds. The molecule has 0 saturated carbocycles. The van der Waals surface area contributed by atoms with Crippen molar-refractivity contribution in [2.75, 3.05) is 13.2 Å². The number of hydrogen-bond donors (Lipinski definition) is 13. The van der Waals surface area contributed by atoms with Crippen molar-refractivity contribution in [2.45, 2.75) is 99.0 Å². The van der Waals surface area contributed by atoms with Crippen molar-refractivity contribution in [3.8, 4) is 40.1 Å². The molecule has 7 unspecified atom stereocenters. The summed E-state index contributed by atoms with van der Waals surface area (Å²) >= 11 is 0. The zero-order valence-corrected chi connectivity index (χ0v) is 28.0. The zero-order chi connectivity index (χ0) is 39.3. The van der Waals surface area contributed by atoms with Gasteiger partial charge in [0.25, 0.3) is 0 Å². The maximum Gasteiger partial charge on any atom is 0.239 e. The van der Waals surface area contributed by atoms with Gasteiger partial charge in [-0.05, 0) is 25.1 Å². The standard InChI is InChI=1S/C33H40O21/c1-9-28(53-32-25(45)22(42)19(39)16(7-34)51-32)24(44)27(47)31(48-9)49-11-5-14(38)18-15(6-11)50-29(10-2-3-12(36)13(37)4-10)30(21(18)41)54-33-26(46)23(43)20(40)17(8-35)52-33/h2-6,9,16-17,19-20,22-28,31-40,42-47H,7-8H2,1H3/t9?,16?,17?,19-,20+,22+,23?,24-,25?,26?,27?,28+,31+,32+,33+/m1/s1. The quantitative estimate of drug-likeness (QED) is 0.0917. The Labute approximate surface area is 303 Å². The Hall–Kier alpha value is -3.91. The third kappa shape index (κ3) is 7.27. The van der Waals surface area contributed by atoms with Crippen LogP contribution in [0.3, 0.4) is 0 Å². The molecule has 298 valence electrons. The van der Waals surface area contributed by atoms with Gasteiger partial charge in [0.15, 0.2) is 23.5 Å². The first kappa shape index (κ1) is 39.8. The fraction of sp³-hybridized carbons (Fsp3) is 0.545. The van der Waals surface area contributed by atoms with E-state index in [0.717, 1.165) is 24.3 Å². The normalized spacial score (nSPS) is 37.3. The average molecular weight is 773 g/mol. The van der Waals surface area contributed by atoms with Crippen LogP contribution in [0.4, 0.5) is 0 Å². The van der Waals surface area contributed by atoms with Gasteiger partial charge in [0.2, 0.25) is 23.8 Å². The molecule has 3 aliphatic heterocycles. The molecular formula is C33H40O21. The Balaban J connectivity index is 1.30. The molecule has 4 heterocycles. The molecule has 21 heteroatoms. The Kier molecular flexibility index (Phi) is 11.5. The molecule has 0 spiro atoms. The van der Waals surface area contributed by atoms with Crippen molar-refractivity contribution in [3.05, 3.63) is 40.6 Å². The largest absolute Gasteiger partial charge is 0.507 e. The Morgan fingerprint density at radius 1 is 0.630 bits per heavy atom. The summed E-state index contributed by atoms with van der Waals surface area (Å²) in [4.78, 5) is 13.9. The summed E-state index contributed by atoms with van der Waals surface area (Å²) in [6, 6.07) is 5.25. The van der Waals surface area contributed by atoms with Gasteiger partial charge < -0.3 is 99.2 Å². The van der Waals surface area contributed by atoms with Crippen LogP contribution in [0.5, 0.6) is 28.7 Å². The van der Waals surface area contributed by atoms with Crippen molar-refractivity contribution in [2.24, 2.45) is 0 Å². The summed E-state index contributed by atoms with van der Waals surface area (Å²) in [6.45, 7) is -0.166. The van der Waals surface area contributed by atoms with Crippen LogP contribution in [0.15, 0.2) is 39.5 Å². The summed E-state index contributed by atoms with van der Waals surface area (Å²) in [5, 5.41) is 133. The highest BCUT2D eigenvalue weighted by molar-refractivity contribution is 5.88. The maximum atomic E-state index is 13.9. The van der Waals surface area contributed by atoms with Crippen LogP contribution in [0, 0.1) is 0 Å². The van der Waals surface area contributed by atoms with Crippen molar-refractivity contribution in [3.63, 3.8) is 0 Å². The van der Waals surface area contributed by atoms with E-state index < -0.39 is 145 Å². The minimum absolute atomic E-state index is 0.0943. The number of phenolic OH excluding ortho intramolecular Hbond substituents is 3. The molecule has 15 atom stereocenters. The summed E-state index contributed by atoms with van der Waals surface area (Å²) < 4.78 is 39.3. The first-order chi connectivity index (χ1) is 25.6. The van der Waals surface area contributed by atoms with E-state index in [9.17, 15) is 71.2 Å². The van der Waals surface area contributed by atoms with E-state index in [1.54, 1.807) is 0 Å². The molecule has 0 radical (unpaired) electrons. The molecular weight excluding hydrogens is 732 g/mol. The zero-order valence-electron chi connectivity index (χ0n) is 28.0. The number of hydrogen-bond acceptors (Lipinski definition) is 21. The number of benzene rings is 2. The number of rotatable bonds is 9. The first-order valence-corrected chi connectivity index (χ1v) is 16.5. The van der Waals surface area contributed by atoms with Crippen LogP contribution in [0.2, 0.25) is 0 Å². The topological polar surface area (TPSA) is 349 Å². The Bertz CT molecular complexity index is 1850. The average Bonchev–Trinajstić information content (AvgIpc) is 3.14. The summed E-state index contributed by atoms with van der Waals surface area (Å²) in [7, 11) is 0. The molecule has 3 fully saturated rings. The van der Waals surface area contributed by atoms with Crippen molar-refractivity contribution >= 4 is 11.0 Å². The van der Waals surface area contributed by atoms with Gasteiger partial charge in [0.05, 0.1) is 19.3 Å². The van der Waals surface area contributed by atoms with E-state index in [1.165, 1.54) is 13.0 Å². The van der Waals surface area contributed by atoms with Gasteiger partial charge in [-0.1, -0.05) is 0 Å².